The molecule has 0 amide bonds. The number of piperidine rings is 1. The molecule has 4 N–H and O–H groups in total. The fourth-order valence-corrected chi connectivity index (χ4v) is 3.29. The molecule has 0 saturated carbocycles. The summed E-state index contributed by atoms with van der Waals surface area (Å²) < 4.78 is 22.7. The van der Waals surface area contributed by atoms with Crippen LogP contribution in [-0.4, -0.2) is 32.5 Å². The van der Waals surface area contributed by atoms with Crippen LogP contribution in [0.25, 0.3) is 0 Å². The van der Waals surface area contributed by atoms with Gasteiger partial charge in [-0.3, -0.25) is 10.1 Å². The van der Waals surface area contributed by atoms with Gasteiger partial charge in [0, 0.05) is 25.2 Å². The Labute approximate surface area is 129 Å². The molecule has 8 nitrogen and oxygen atoms in total. The minimum absolute atomic E-state index is 0.0990. The molecular weight excluding hydrogens is 308 g/mol. The maximum atomic E-state index is 11.3. The van der Waals surface area contributed by atoms with Gasteiger partial charge in [-0.05, 0) is 37.8 Å². The normalized spacial score (nSPS) is 18.2. The van der Waals surface area contributed by atoms with Crippen LogP contribution in [0.4, 0.5) is 11.4 Å². The average molecular weight is 328 g/mol. The maximum Gasteiger partial charge on any atom is 0.293 e. The summed E-state index contributed by atoms with van der Waals surface area (Å²) in [7, 11) is -3.97. The Balaban J connectivity index is 2.30. The van der Waals surface area contributed by atoms with Crippen LogP contribution in [0.2, 0.25) is 0 Å². The number of nitro benzene ring substituents is 1. The van der Waals surface area contributed by atoms with E-state index in [9.17, 15) is 18.5 Å². The molecular formula is C13H20N4O4S. The van der Waals surface area contributed by atoms with Crippen molar-refractivity contribution in [3.05, 3.63) is 28.3 Å². The SMILES string of the molecule is CC(N)C1CCN(c2ccc(S(N)(=O)=O)cc2[N+](=O)[O-])CC1. The highest BCUT2D eigenvalue weighted by atomic mass is 32.2. The second-order valence-electron chi connectivity index (χ2n) is 5.64. The van der Waals surface area contributed by atoms with Crippen molar-refractivity contribution in [2.75, 3.05) is 18.0 Å². The quantitative estimate of drug-likeness (QED) is 0.620. The zero-order valence-corrected chi connectivity index (χ0v) is 13.1. The predicted molar refractivity (Wildman–Crippen MR) is 83.1 cm³/mol. The molecule has 2 rings (SSSR count). The monoisotopic (exact) mass is 328 g/mol. The Hall–Kier alpha value is -1.71. The van der Waals surface area contributed by atoms with Gasteiger partial charge in [0.25, 0.3) is 5.69 Å². The number of sulfonamides is 1. The van der Waals surface area contributed by atoms with Crippen LogP contribution in [0.15, 0.2) is 23.1 Å². The lowest BCUT2D eigenvalue weighted by Crippen LogP contribution is -2.40. The first-order valence-corrected chi connectivity index (χ1v) is 8.56. The Morgan fingerprint density at radius 3 is 2.41 bits per heavy atom. The molecule has 1 unspecified atom stereocenters. The van der Waals surface area contributed by atoms with Crippen LogP contribution in [-0.2, 0) is 10.0 Å². The summed E-state index contributed by atoms with van der Waals surface area (Å²) in [5, 5.41) is 16.3. The standard InChI is InChI=1S/C13H20N4O4S/c1-9(14)10-4-6-16(7-5-10)12-3-2-11(22(15,20)21)8-13(12)17(18)19/h2-3,8-10H,4-7,14H2,1H3,(H2,15,20,21). The third-order valence-electron chi connectivity index (χ3n) is 4.10. The first-order chi connectivity index (χ1) is 10.2. The lowest BCUT2D eigenvalue weighted by molar-refractivity contribution is -0.384. The van der Waals surface area contributed by atoms with Gasteiger partial charge in [0.05, 0.1) is 9.82 Å². The topological polar surface area (TPSA) is 133 Å². The van der Waals surface area contributed by atoms with E-state index in [0.717, 1.165) is 18.9 Å². The molecule has 22 heavy (non-hydrogen) atoms. The number of nitrogens with two attached hydrogens (primary N) is 2. The summed E-state index contributed by atoms with van der Waals surface area (Å²) in [6, 6.07) is 3.86. The predicted octanol–water partition coefficient (Wildman–Crippen LogP) is 0.806. The average Bonchev–Trinajstić information content (AvgIpc) is 2.45. The highest BCUT2D eigenvalue weighted by Crippen LogP contribution is 2.33. The van der Waals surface area contributed by atoms with Crippen LogP contribution < -0.4 is 15.8 Å². The van der Waals surface area contributed by atoms with Crippen molar-refractivity contribution in [3.63, 3.8) is 0 Å². The van der Waals surface area contributed by atoms with Gasteiger partial charge in [-0.1, -0.05) is 0 Å². The molecule has 0 spiro atoms. The van der Waals surface area contributed by atoms with E-state index >= 15 is 0 Å². The van der Waals surface area contributed by atoms with Crippen LogP contribution in [0.3, 0.4) is 0 Å². The van der Waals surface area contributed by atoms with Gasteiger partial charge in [-0.2, -0.15) is 0 Å². The molecule has 1 atom stereocenters. The van der Waals surface area contributed by atoms with Gasteiger partial charge >= 0.3 is 0 Å². The van der Waals surface area contributed by atoms with Gasteiger partial charge in [-0.15, -0.1) is 0 Å². The minimum Gasteiger partial charge on any atom is -0.366 e. The molecule has 0 aromatic heterocycles. The summed E-state index contributed by atoms with van der Waals surface area (Å²) in [6.45, 7) is 3.27. The second-order valence-corrected chi connectivity index (χ2v) is 7.20. The van der Waals surface area contributed by atoms with Crippen LogP contribution in [0, 0.1) is 16.0 Å². The van der Waals surface area contributed by atoms with Gasteiger partial charge in [-0.25, -0.2) is 13.6 Å². The van der Waals surface area contributed by atoms with Crippen molar-refractivity contribution >= 4 is 21.4 Å². The van der Waals surface area contributed by atoms with E-state index in [2.05, 4.69) is 0 Å². The summed E-state index contributed by atoms with van der Waals surface area (Å²) >= 11 is 0. The smallest absolute Gasteiger partial charge is 0.293 e. The molecule has 1 aromatic carbocycles. The van der Waals surface area contributed by atoms with Crippen LogP contribution in [0.5, 0.6) is 0 Å². The van der Waals surface area contributed by atoms with Crippen molar-refractivity contribution < 1.29 is 13.3 Å². The number of nitro groups is 1. The van der Waals surface area contributed by atoms with Crippen molar-refractivity contribution in [2.24, 2.45) is 16.8 Å². The Morgan fingerprint density at radius 1 is 1.36 bits per heavy atom. The van der Waals surface area contributed by atoms with Gasteiger partial charge in [0.15, 0.2) is 0 Å². The van der Waals surface area contributed by atoms with Crippen LogP contribution >= 0.6 is 0 Å². The third-order valence-corrected chi connectivity index (χ3v) is 5.01. The Morgan fingerprint density at radius 2 is 1.95 bits per heavy atom. The largest absolute Gasteiger partial charge is 0.366 e. The number of rotatable bonds is 4. The molecule has 1 saturated heterocycles. The van der Waals surface area contributed by atoms with E-state index < -0.39 is 14.9 Å². The van der Waals surface area contributed by atoms with Crippen molar-refractivity contribution in [3.8, 4) is 0 Å². The molecule has 9 heteroatoms. The number of anilines is 1. The molecule has 122 valence electrons. The van der Waals surface area contributed by atoms with Crippen molar-refractivity contribution in [1.82, 2.24) is 0 Å². The zero-order valence-electron chi connectivity index (χ0n) is 12.3. The molecule has 1 aliphatic rings. The number of hydrogen-bond acceptors (Lipinski definition) is 6. The number of benzene rings is 1. The van der Waals surface area contributed by atoms with Crippen molar-refractivity contribution in [1.29, 1.82) is 0 Å². The van der Waals surface area contributed by atoms with Crippen molar-refractivity contribution in [2.45, 2.75) is 30.7 Å². The lowest BCUT2D eigenvalue weighted by atomic mass is 9.90. The van der Waals surface area contributed by atoms with E-state index in [4.69, 9.17) is 10.9 Å². The van der Waals surface area contributed by atoms with E-state index in [1.165, 1.54) is 12.1 Å². The van der Waals surface area contributed by atoms with Gasteiger partial charge in [0.2, 0.25) is 10.0 Å². The summed E-state index contributed by atoms with van der Waals surface area (Å²) in [5.74, 6) is 0.402. The fourth-order valence-electron chi connectivity index (χ4n) is 2.76. The lowest BCUT2D eigenvalue weighted by Gasteiger charge is -2.34. The number of primary sulfonamides is 1. The number of hydrogen-bond donors (Lipinski definition) is 2. The molecule has 1 aromatic rings. The highest BCUT2D eigenvalue weighted by molar-refractivity contribution is 7.89. The Bertz CT molecular complexity index is 667. The number of nitrogens with zero attached hydrogens (tertiary/aromatic N) is 2. The molecule has 0 bridgehead atoms. The summed E-state index contributed by atoms with van der Waals surface area (Å²) in [6.07, 6.45) is 1.71. The van der Waals surface area contributed by atoms with Gasteiger partial charge < -0.3 is 10.6 Å². The van der Waals surface area contributed by atoms with Crippen LogP contribution in [0.1, 0.15) is 19.8 Å². The third kappa shape index (κ3) is 3.54. The summed E-state index contributed by atoms with van der Waals surface area (Å²) in [4.78, 5) is 12.3. The Kier molecular flexibility index (Phi) is 4.69. The zero-order chi connectivity index (χ0) is 16.5. The molecule has 0 radical (unpaired) electrons. The maximum absolute atomic E-state index is 11.3. The van der Waals surface area contributed by atoms with E-state index in [-0.39, 0.29) is 16.6 Å². The van der Waals surface area contributed by atoms with Gasteiger partial charge in [0.1, 0.15) is 5.69 Å². The minimum atomic E-state index is -3.97. The van der Waals surface area contributed by atoms with E-state index in [1.807, 2.05) is 11.8 Å². The first-order valence-electron chi connectivity index (χ1n) is 7.02. The fraction of sp³-hybridized carbons (Fsp3) is 0.538. The second kappa shape index (κ2) is 6.19. The molecule has 1 heterocycles. The molecule has 0 aliphatic carbocycles. The van der Waals surface area contributed by atoms with E-state index in [1.54, 1.807) is 0 Å². The van der Waals surface area contributed by atoms with E-state index in [0.29, 0.717) is 24.7 Å². The molecule has 1 aliphatic heterocycles. The summed E-state index contributed by atoms with van der Waals surface area (Å²) in [5.41, 5.74) is 6.06. The molecule has 1 fully saturated rings. The first kappa shape index (κ1) is 16.7. The highest BCUT2D eigenvalue weighted by Gasteiger charge is 2.27.